The molecule has 2 aliphatic heterocycles. The number of amides is 2. The average Bonchev–Trinajstić information content (AvgIpc) is 3.18. The highest BCUT2D eigenvalue weighted by molar-refractivity contribution is 5.90. The minimum atomic E-state index is -0.798. The molecule has 31 heavy (non-hydrogen) atoms. The number of nitrogens with one attached hydrogen (secondary N) is 2. The second-order valence-corrected chi connectivity index (χ2v) is 8.89. The molecule has 0 unspecified atom stereocenters. The monoisotopic (exact) mass is 422 g/mol. The van der Waals surface area contributed by atoms with Crippen molar-refractivity contribution < 1.29 is 14.3 Å². The highest BCUT2D eigenvalue weighted by Crippen LogP contribution is 2.29. The van der Waals surface area contributed by atoms with Crippen molar-refractivity contribution in [2.45, 2.75) is 38.2 Å². The Hall–Kier alpha value is -2.93. The molecule has 2 amide bonds. The number of carbonyl (C=O) groups is 2. The van der Waals surface area contributed by atoms with Crippen molar-refractivity contribution >= 4 is 17.5 Å². The summed E-state index contributed by atoms with van der Waals surface area (Å²) in [5.41, 5.74) is 1.07. The third-order valence-corrected chi connectivity index (χ3v) is 5.96. The summed E-state index contributed by atoms with van der Waals surface area (Å²) in [5.74, 6) is 1.42. The molecule has 164 valence electrons. The van der Waals surface area contributed by atoms with Crippen molar-refractivity contribution in [3.8, 4) is 5.75 Å². The Morgan fingerprint density at radius 3 is 2.65 bits per heavy atom. The van der Waals surface area contributed by atoms with E-state index < -0.39 is 5.60 Å². The Balaban J connectivity index is 1.32. The topological polar surface area (TPSA) is 83.6 Å². The van der Waals surface area contributed by atoms with Crippen molar-refractivity contribution in [1.29, 1.82) is 0 Å². The van der Waals surface area contributed by atoms with Crippen molar-refractivity contribution in [3.05, 3.63) is 54.4 Å². The number of aromatic nitrogens is 1. The third kappa shape index (κ3) is 4.88. The van der Waals surface area contributed by atoms with Crippen LogP contribution in [0.3, 0.4) is 0 Å². The SMILES string of the molecule is CC(C)CC(=O)[C@@]1(Oc2ccc(NC(=O)N3CC(c4cccnc4)C3)cc2)CCNC1. The van der Waals surface area contributed by atoms with E-state index in [0.29, 0.717) is 55.7 Å². The molecular weight excluding hydrogens is 392 g/mol. The van der Waals surface area contributed by atoms with Crippen LogP contribution in [0.5, 0.6) is 5.75 Å². The van der Waals surface area contributed by atoms with E-state index in [1.54, 1.807) is 11.1 Å². The van der Waals surface area contributed by atoms with Gasteiger partial charge in [-0.1, -0.05) is 19.9 Å². The van der Waals surface area contributed by atoms with Gasteiger partial charge in [-0.05, 0) is 48.4 Å². The molecule has 1 aromatic heterocycles. The lowest BCUT2D eigenvalue weighted by atomic mass is 9.91. The molecule has 0 saturated carbocycles. The highest BCUT2D eigenvalue weighted by Gasteiger charge is 2.43. The Morgan fingerprint density at radius 2 is 2.03 bits per heavy atom. The molecule has 1 aromatic carbocycles. The number of pyridine rings is 1. The summed E-state index contributed by atoms with van der Waals surface area (Å²) in [5, 5.41) is 6.19. The quantitative estimate of drug-likeness (QED) is 0.714. The zero-order chi connectivity index (χ0) is 21.8. The second kappa shape index (κ2) is 9.06. The number of ether oxygens (including phenoxy) is 1. The van der Waals surface area contributed by atoms with E-state index in [9.17, 15) is 9.59 Å². The molecule has 3 heterocycles. The van der Waals surface area contributed by atoms with E-state index in [4.69, 9.17) is 4.74 Å². The number of nitrogens with zero attached hydrogens (tertiary/aromatic N) is 2. The molecule has 2 fully saturated rings. The molecule has 4 rings (SSSR count). The molecule has 0 radical (unpaired) electrons. The summed E-state index contributed by atoms with van der Waals surface area (Å²) in [4.78, 5) is 31.2. The van der Waals surface area contributed by atoms with E-state index in [-0.39, 0.29) is 11.8 Å². The molecule has 0 spiro atoms. The first-order valence-electron chi connectivity index (χ1n) is 10.9. The van der Waals surface area contributed by atoms with E-state index >= 15 is 0 Å². The lowest BCUT2D eigenvalue weighted by Crippen LogP contribution is -2.50. The lowest BCUT2D eigenvalue weighted by molar-refractivity contribution is -0.133. The predicted octanol–water partition coefficient (Wildman–Crippen LogP) is 3.44. The van der Waals surface area contributed by atoms with E-state index in [0.717, 1.165) is 12.1 Å². The molecule has 2 aromatic rings. The van der Waals surface area contributed by atoms with Gasteiger partial charge in [-0.25, -0.2) is 4.79 Å². The maximum atomic E-state index is 12.8. The molecular formula is C24H30N4O3. The minimum Gasteiger partial charge on any atom is -0.478 e. The Kier molecular flexibility index (Phi) is 6.23. The number of anilines is 1. The van der Waals surface area contributed by atoms with Gasteiger partial charge in [0.05, 0.1) is 0 Å². The Labute approximate surface area is 183 Å². The van der Waals surface area contributed by atoms with Crippen LogP contribution >= 0.6 is 0 Å². The summed E-state index contributed by atoms with van der Waals surface area (Å²) < 4.78 is 6.19. The van der Waals surface area contributed by atoms with Gasteiger partial charge in [0.1, 0.15) is 5.75 Å². The molecule has 2 aliphatic rings. The second-order valence-electron chi connectivity index (χ2n) is 8.89. The Morgan fingerprint density at radius 1 is 1.26 bits per heavy atom. The van der Waals surface area contributed by atoms with Gasteiger partial charge in [-0.2, -0.15) is 0 Å². The maximum absolute atomic E-state index is 12.8. The fourth-order valence-electron chi connectivity index (χ4n) is 4.11. The van der Waals surface area contributed by atoms with Crippen LogP contribution in [-0.2, 0) is 4.79 Å². The number of benzene rings is 1. The first-order valence-corrected chi connectivity index (χ1v) is 10.9. The van der Waals surface area contributed by atoms with Gasteiger partial charge < -0.3 is 20.3 Å². The summed E-state index contributed by atoms with van der Waals surface area (Å²) in [7, 11) is 0. The molecule has 2 saturated heterocycles. The van der Waals surface area contributed by atoms with Crippen LogP contribution in [0, 0.1) is 5.92 Å². The van der Waals surface area contributed by atoms with Crippen LogP contribution in [0.2, 0.25) is 0 Å². The smallest absolute Gasteiger partial charge is 0.321 e. The predicted molar refractivity (Wildman–Crippen MR) is 119 cm³/mol. The fraction of sp³-hybridized carbons (Fsp3) is 0.458. The van der Waals surface area contributed by atoms with Crippen molar-refractivity contribution in [2.75, 3.05) is 31.5 Å². The van der Waals surface area contributed by atoms with Gasteiger partial charge in [0, 0.05) is 56.5 Å². The number of hydrogen-bond acceptors (Lipinski definition) is 5. The van der Waals surface area contributed by atoms with Gasteiger partial charge in [0.2, 0.25) is 0 Å². The maximum Gasteiger partial charge on any atom is 0.321 e. The molecule has 7 nitrogen and oxygen atoms in total. The van der Waals surface area contributed by atoms with Crippen molar-refractivity contribution in [3.63, 3.8) is 0 Å². The number of ketones is 1. The number of rotatable bonds is 7. The van der Waals surface area contributed by atoms with Crippen molar-refractivity contribution in [1.82, 2.24) is 15.2 Å². The van der Waals surface area contributed by atoms with Gasteiger partial charge in [-0.3, -0.25) is 9.78 Å². The zero-order valence-corrected chi connectivity index (χ0v) is 18.1. The first kappa shape index (κ1) is 21.3. The number of urea groups is 1. The van der Waals surface area contributed by atoms with Crippen molar-refractivity contribution in [2.24, 2.45) is 5.92 Å². The highest BCUT2D eigenvalue weighted by atomic mass is 16.5. The molecule has 1 atom stereocenters. The number of carbonyl (C=O) groups excluding carboxylic acids is 2. The largest absolute Gasteiger partial charge is 0.478 e. The molecule has 7 heteroatoms. The van der Waals surface area contributed by atoms with E-state index in [1.165, 1.54) is 0 Å². The molecule has 2 N–H and O–H groups in total. The van der Waals surface area contributed by atoms with Gasteiger partial charge >= 0.3 is 6.03 Å². The third-order valence-electron chi connectivity index (χ3n) is 5.96. The van der Waals surface area contributed by atoms with Crippen LogP contribution in [0.25, 0.3) is 0 Å². The lowest BCUT2D eigenvalue weighted by Gasteiger charge is -2.39. The van der Waals surface area contributed by atoms with E-state index in [1.807, 2.05) is 56.4 Å². The average molecular weight is 423 g/mol. The number of likely N-dealkylation sites (tertiary alicyclic amines) is 1. The van der Waals surface area contributed by atoms with Gasteiger partial charge in [0.15, 0.2) is 11.4 Å². The van der Waals surface area contributed by atoms with Crippen LogP contribution in [0.15, 0.2) is 48.8 Å². The molecule has 0 bridgehead atoms. The first-order chi connectivity index (χ1) is 14.9. The fourth-order valence-corrected chi connectivity index (χ4v) is 4.11. The van der Waals surface area contributed by atoms with Gasteiger partial charge in [-0.15, -0.1) is 0 Å². The number of hydrogen-bond donors (Lipinski definition) is 2. The standard InChI is InChI=1S/C24H30N4O3/c1-17(2)12-22(29)24(9-11-26-16-24)31-21-7-5-20(6-8-21)27-23(30)28-14-19(15-28)18-4-3-10-25-13-18/h3-8,10,13,17,19,26H,9,11-12,14-16H2,1-2H3,(H,27,30)/t24-/m1/s1. The molecule has 0 aliphatic carbocycles. The Bertz CT molecular complexity index is 902. The summed E-state index contributed by atoms with van der Waals surface area (Å²) in [6.07, 6.45) is 4.79. The minimum absolute atomic E-state index is 0.114. The van der Waals surface area contributed by atoms with Crippen LogP contribution in [0.4, 0.5) is 10.5 Å². The van der Waals surface area contributed by atoms with E-state index in [2.05, 4.69) is 15.6 Å². The summed E-state index contributed by atoms with van der Waals surface area (Å²) in [6.45, 7) is 6.77. The summed E-state index contributed by atoms with van der Waals surface area (Å²) >= 11 is 0. The van der Waals surface area contributed by atoms with Crippen LogP contribution < -0.4 is 15.4 Å². The summed E-state index contributed by atoms with van der Waals surface area (Å²) in [6, 6.07) is 11.1. The zero-order valence-electron chi connectivity index (χ0n) is 18.1. The normalized spacial score (nSPS) is 21.1. The van der Waals surface area contributed by atoms with Crippen LogP contribution in [0.1, 0.15) is 38.2 Å². The van der Waals surface area contributed by atoms with Crippen LogP contribution in [-0.4, -0.2) is 53.5 Å². The van der Waals surface area contributed by atoms with Gasteiger partial charge in [0.25, 0.3) is 0 Å². The number of Topliss-reactive ketones (excluding diaryl/α,β-unsaturated/α-hetero) is 1.